The molecular formula is C30H24. The number of allylic oxidation sites excluding steroid dienone is 4. The van der Waals surface area contributed by atoms with E-state index in [2.05, 4.69) is 140 Å². The molecule has 0 atom stereocenters. The van der Waals surface area contributed by atoms with E-state index in [4.69, 9.17) is 0 Å². The van der Waals surface area contributed by atoms with Crippen LogP contribution in [0.1, 0.15) is 22.3 Å². The lowest BCUT2D eigenvalue weighted by atomic mass is 9.97. The molecule has 0 saturated heterocycles. The Kier molecular flexibility index (Phi) is 6.50. The van der Waals surface area contributed by atoms with Crippen LogP contribution in [0.3, 0.4) is 0 Å². The van der Waals surface area contributed by atoms with Crippen LogP contribution in [0.25, 0.3) is 17.2 Å². The molecule has 0 aliphatic heterocycles. The molecule has 0 saturated carbocycles. The summed E-state index contributed by atoms with van der Waals surface area (Å²) in [6, 6.07) is 42.0. The van der Waals surface area contributed by atoms with Gasteiger partial charge in [-0.1, -0.05) is 140 Å². The first-order chi connectivity index (χ1) is 14.9. The van der Waals surface area contributed by atoms with Crippen molar-refractivity contribution in [2.75, 3.05) is 0 Å². The standard InChI is InChI=1S/C30H24/c1-5-14-25(15-6-1)24-29(26-16-7-2-8-17-26)22-13-23-30(27-18-9-3-10-19-27)28-20-11-4-12-21-28/h1-24H. The van der Waals surface area contributed by atoms with Crippen molar-refractivity contribution in [3.63, 3.8) is 0 Å². The van der Waals surface area contributed by atoms with Gasteiger partial charge in [0.2, 0.25) is 0 Å². The lowest BCUT2D eigenvalue weighted by Gasteiger charge is -2.08. The maximum absolute atomic E-state index is 2.23. The van der Waals surface area contributed by atoms with Crippen LogP contribution in [-0.4, -0.2) is 0 Å². The van der Waals surface area contributed by atoms with Gasteiger partial charge in [-0.15, -0.1) is 0 Å². The van der Waals surface area contributed by atoms with Crippen molar-refractivity contribution in [3.05, 3.63) is 162 Å². The highest BCUT2D eigenvalue weighted by Crippen LogP contribution is 2.24. The summed E-state index contributed by atoms with van der Waals surface area (Å²) in [4.78, 5) is 0. The van der Waals surface area contributed by atoms with Gasteiger partial charge in [-0.3, -0.25) is 0 Å². The fourth-order valence-electron chi connectivity index (χ4n) is 3.43. The molecule has 0 heteroatoms. The van der Waals surface area contributed by atoms with Gasteiger partial charge in [0.15, 0.2) is 0 Å². The van der Waals surface area contributed by atoms with E-state index in [1.165, 1.54) is 33.4 Å². The van der Waals surface area contributed by atoms with Gasteiger partial charge >= 0.3 is 0 Å². The molecule has 0 aliphatic rings. The van der Waals surface area contributed by atoms with E-state index in [9.17, 15) is 0 Å². The maximum Gasteiger partial charge on any atom is -0.0111 e. The van der Waals surface area contributed by atoms with Crippen molar-refractivity contribution in [3.8, 4) is 0 Å². The predicted molar refractivity (Wildman–Crippen MR) is 130 cm³/mol. The van der Waals surface area contributed by atoms with Gasteiger partial charge in [0.25, 0.3) is 0 Å². The molecule has 4 aromatic carbocycles. The molecule has 0 amide bonds. The second-order valence-electron chi connectivity index (χ2n) is 7.05. The molecule has 0 heterocycles. The Balaban J connectivity index is 1.73. The van der Waals surface area contributed by atoms with E-state index in [1.54, 1.807) is 0 Å². The van der Waals surface area contributed by atoms with E-state index in [1.807, 2.05) is 6.07 Å². The molecule has 144 valence electrons. The molecule has 30 heavy (non-hydrogen) atoms. The topological polar surface area (TPSA) is 0 Å². The van der Waals surface area contributed by atoms with Gasteiger partial charge < -0.3 is 0 Å². The summed E-state index contributed by atoms with van der Waals surface area (Å²) in [5.74, 6) is 0. The Morgan fingerprint density at radius 2 is 0.900 bits per heavy atom. The van der Waals surface area contributed by atoms with Gasteiger partial charge in [-0.2, -0.15) is 0 Å². The fraction of sp³-hybridized carbons (Fsp3) is 0. The number of rotatable bonds is 6. The molecule has 0 spiro atoms. The summed E-state index contributed by atoms with van der Waals surface area (Å²) in [6.07, 6.45) is 8.77. The molecule has 0 nitrogen and oxygen atoms in total. The van der Waals surface area contributed by atoms with Crippen LogP contribution in [0.4, 0.5) is 0 Å². The molecule has 0 aliphatic carbocycles. The number of hydrogen-bond acceptors (Lipinski definition) is 0. The molecule has 4 aromatic rings. The predicted octanol–water partition coefficient (Wildman–Crippen LogP) is 7.92. The van der Waals surface area contributed by atoms with Gasteiger partial charge in [-0.25, -0.2) is 0 Å². The van der Waals surface area contributed by atoms with Gasteiger partial charge in [0, 0.05) is 0 Å². The zero-order chi connectivity index (χ0) is 20.4. The summed E-state index contributed by atoms with van der Waals surface area (Å²) < 4.78 is 0. The number of benzene rings is 4. The van der Waals surface area contributed by atoms with Gasteiger partial charge in [0.1, 0.15) is 0 Å². The Hall–Kier alpha value is -3.90. The van der Waals surface area contributed by atoms with Crippen LogP contribution >= 0.6 is 0 Å². The minimum absolute atomic E-state index is 1.18. The molecule has 0 fully saturated rings. The molecule has 0 aromatic heterocycles. The molecular weight excluding hydrogens is 360 g/mol. The lowest BCUT2D eigenvalue weighted by molar-refractivity contribution is 1.54. The zero-order valence-electron chi connectivity index (χ0n) is 16.9. The molecule has 0 radical (unpaired) electrons. The Morgan fingerprint density at radius 3 is 1.40 bits per heavy atom. The minimum Gasteiger partial charge on any atom is -0.0622 e. The smallest absolute Gasteiger partial charge is 0.0111 e. The molecule has 4 rings (SSSR count). The first-order valence-corrected chi connectivity index (χ1v) is 10.2. The van der Waals surface area contributed by atoms with Crippen molar-refractivity contribution in [1.82, 2.24) is 0 Å². The summed E-state index contributed by atoms with van der Waals surface area (Å²) in [7, 11) is 0. The van der Waals surface area contributed by atoms with Crippen molar-refractivity contribution < 1.29 is 0 Å². The Bertz CT molecular complexity index is 1090. The van der Waals surface area contributed by atoms with Crippen molar-refractivity contribution in [1.29, 1.82) is 0 Å². The van der Waals surface area contributed by atoms with Crippen molar-refractivity contribution >= 4 is 17.2 Å². The summed E-state index contributed by atoms with van der Waals surface area (Å²) >= 11 is 0. The monoisotopic (exact) mass is 384 g/mol. The van der Waals surface area contributed by atoms with Gasteiger partial charge in [-0.05, 0) is 39.5 Å². The fourth-order valence-corrected chi connectivity index (χ4v) is 3.43. The van der Waals surface area contributed by atoms with Crippen LogP contribution in [0.15, 0.2) is 140 Å². The molecule has 0 unspecified atom stereocenters. The number of hydrogen-bond donors (Lipinski definition) is 0. The average Bonchev–Trinajstić information content (AvgIpc) is 2.83. The van der Waals surface area contributed by atoms with Crippen molar-refractivity contribution in [2.24, 2.45) is 0 Å². The van der Waals surface area contributed by atoms with E-state index in [0.29, 0.717) is 0 Å². The van der Waals surface area contributed by atoms with Crippen LogP contribution < -0.4 is 0 Å². The lowest BCUT2D eigenvalue weighted by Crippen LogP contribution is -1.87. The van der Waals surface area contributed by atoms with Crippen LogP contribution in [0.5, 0.6) is 0 Å². The highest BCUT2D eigenvalue weighted by Gasteiger charge is 2.03. The highest BCUT2D eigenvalue weighted by atomic mass is 14.1. The first kappa shape index (κ1) is 19.4. The summed E-state index contributed by atoms with van der Waals surface area (Å²) in [5.41, 5.74) is 7.20. The first-order valence-electron chi connectivity index (χ1n) is 10.2. The maximum atomic E-state index is 2.23. The molecule has 0 bridgehead atoms. The van der Waals surface area contributed by atoms with E-state index in [-0.39, 0.29) is 0 Å². The summed E-state index contributed by atoms with van der Waals surface area (Å²) in [5, 5.41) is 0. The third-order valence-corrected chi connectivity index (χ3v) is 4.94. The average molecular weight is 385 g/mol. The third-order valence-electron chi connectivity index (χ3n) is 4.94. The van der Waals surface area contributed by atoms with Gasteiger partial charge in [0.05, 0.1) is 0 Å². The van der Waals surface area contributed by atoms with Crippen LogP contribution in [-0.2, 0) is 0 Å². The third kappa shape index (κ3) is 5.12. The highest BCUT2D eigenvalue weighted by molar-refractivity contribution is 5.88. The quantitative estimate of drug-likeness (QED) is 0.234. The van der Waals surface area contributed by atoms with Crippen LogP contribution in [0, 0.1) is 0 Å². The van der Waals surface area contributed by atoms with E-state index >= 15 is 0 Å². The van der Waals surface area contributed by atoms with Crippen LogP contribution in [0.2, 0.25) is 0 Å². The zero-order valence-corrected chi connectivity index (χ0v) is 16.9. The normalized spacial score (nSPS) is 11.4. The Labute approximate surface area is 179 Å². The van der Waals surface area contributed by atoms with E-state index in [0.717, 1.165) is 0 Å². The Morgan fingerprint density at radius 1 is 0.467 bits per heavy atom. The largest absolute Gasteiger partial charge is 0.0622 e. The summed E-state index contributed by atoms with van der Waals surface area (Å²) in [6.45, 7) is 0. The second kappa shape index (κ2) is 10.0. The second-order valence-corrected chi connectivity index (χ2v) is 7.05. The SMILES string of the molecule is C(=CC(=Cc1ccccc1)c1ccccc1)C=C(c1ccccc1)c1ccccc1. The van der Waals surface area contributed by atoms with Crippen molar-refractivity contribution in [2.45, 2.75) is 0 Å². The van der Waals surface area contributed by atoms with E-state index < -0.39 is 0 Å². The molecule has 0 N–H and O–H groups in total. The minimum atomic E-state index is 1.18.